The van der Waals surface area contributed by atoms with Gasteiger partial charge in [0.15, 0.2) is 11.5 Å². The largest absolute Gasteiger partial charge is 0.490 e. The first-order chi connectivity index (χ1) is 8.76. The predicted molar refractivity (Wildman–Crippen MR) is 68.9 cm³/mol. The normalized spacial score (nSPS) is 10.3. The summed E-state index contributed by atoms with van der Waals surface area (Å²) in [6, 6.07) is 5.54. The Morgan fingerprint density at radius 1 is 1.22 bits per heavy atom. The third-order valence-electron chi connectivity index (χ3n) is 2.26. The lowest BCUT2D eigenvalue weighted by Crippen LogP contribution is -2.02. The maximum Gasteiger partial charge on any atom is 0.242 e. The minimum Gasteiger partial charge on any atom is -0.490 e. The summed E-state index contributed by atoms with van der Waals surface area (Å²) in [5.74, 6) is 1.38. The molecule has 2 aromatic rings. The van der Waals surface area contributed by atoms with Crippen molar-refractivity contribution in [1.82, 2.24) is 20.2 Å². The minimum absolute atomic E-state index is 0.363. The Morgan fingerprint density at radius 2 is 1.94 bits per heavy atom. The molecule has 7 heteroatoms. The van der Waals surface area contributed by atoms with Crippen molar-refractivity contribution in [3.63, 3.8) is 0 Å². The van der Waals surface area contributed by atoms with Crippen LogP contribution in [0.15, 0.2) is 18.2 Å². The molecule has 1 N–H and O–H groups in total. The highest BCUT2D eigenvalue weighted by Gasteiger charge is 2.08. The van der Waals surface area contributed by atoms with Crippen molar-refractivity contribution < 1.29 is 9.47 Å². The summed E-state index contributed by atoms with van der Waals surface area (Å²) in [4.78, 5) is 0. The van der Waals surface area contributed by atoms with Gasteiger partial charge in [0.25, 0.3) is 0 Å². The standard InChI is InChI=1S/C11H14N4O2S/c1-3-16-9-6-5-8(7-10(9)17-4-2)15-11(18)12-13-14-15/h5-7H,3-4H2,1-2H3,(H,12,14,18). The third-order valence-corrected chi connectivity index (χ3v) is 2.52. The highest BCUT2D eigenvalue weighted by Crippen LogP contribution is 2.29. The molecule has 0 saturated heterocycles. The van der Waals surface area contributed by atoms with E-state index in [-0.39, 0.29) is 0 Å². The second-order valence-corrected chi connectivity index (χ2v) is 3.78. The van der Waals surface area contributed by atoms with E-state index in [2.05, 4.69) is 15.5 Å². The van der Waals surface area contributed by atoms with Gasteiger partial charge in [-0.2, -0.15) is 5.21 Å². The molecule has 2 rings (SSSR count). The third kappa shape index (κ3) is 2.51. The highest BCUT2D eigenvalue weighted by atomic mass is 32.1. The van der Waals surface area contributed by atoms with E-state index >= 15 is 0 Å². The number of nitrogens with zero attached hydrogens (tertiary/aromatic N) is 3. The fraction of sp³-hybridized carbons (Fsp3) is 0.364. The predicted octanol–water partition coefficient (Wildman–Crippen LogP) is 2.12. The number of nitrogens with one attached hydrogen (secondary N) is 1. The summed E-state index contributed by atoms with van der Waals surface area (Å²) >= 11 is 5.05. The van der Waals surface area contributed by atoms with Crippen LogP contribution in [-0.4, -0.2) is 33.4 Å². The maximum atomic E-state index is 5.54. The molecule has 0 unspecified atom stereocenters. The van der Waals surface area contributed by atoms with Crippen LogP contribution in [0.4, 0.5) is 0 Å². The monoisotopic (exact) mass is 266 g/mol. The SMILES string of the molecule is CCOc1ccc(-n2[nH]nnc2=S)cc1OCC. The second-order valence-electron chi connectivity index (χ2n) is 3.42. The van der Waals surface area contributed by atoms with Crippen LogP contribution in [0.25, 0.3) is 5.69 Å². The van der Waals surface area contributed by atoms with Crippen molar-refractivity contribution >= 4 is 12.2 Å². The molecule has 0 aliphatic heterocycles. The van der Waals surface area contributed by atoms with E-state index in [1.807, 2.05) is 32.0 Å². The molecule has 0 bridgehead atoms. The van der Waals surface area contributed by atoms with Crippen molar-refractivity contribution in [2.75, 3.05) is 13.2 Å². The number of H-pyrrole nitrogens is 1. The van der Waals surface area contributed by atoms with Crippen LogP contribution >= 0.6 is 12.2 Å². The van der Waals surface area contributed by atoms with Crippen molar-refractivity contribution in [2.24, 2.45) is 0 Å². The van der Waals surface area contributed by atoms with E-state index < -0.39 is 0 Å². The molecule has 1 heterocycles. The van der Waals surface area contributed by atoms with Gasteiger partial charge in [-0.25, -0.2) is 4.68 Å². The van der Waals surface area contributed by atoms with Gasteiger partial charge in [-0.3, -0.25) is 0 Å². The number of hydrogen-bond acceptors (Lipinski definition) is 5. The first kappa shape index (κ1) is 12.6. The zero-order valence-electron chi connectivity index (χ0n) is 10.2. The van der Waals surface area contributed by atoms with E-state index in [1.165, 1.54) is 0 Å². The van der Waals surface area contributed by atoms with Gasteiger partial charge in [0.1, 0.15) is 0 Å². The van der Waals surface area contributed by atoms with Crippen LogP contribution in [0.5, 0.6) is 11.5 Å². The van der Waals surface area contributed by atoms with Gasteiger partial charge in [-0.15, -0.1) is 0 Å². The van der Waals surface area contributed by atoms with Gasteiger partial charge in [-0.1, -0.05) is 10.3 Å². The highest BCUT2D eigenvalue weighted by molar-refractivity contribution is 7.71. The van der Waals surface area contributed by atoms with Crippen molar-refractivity contribution in [3.8, 4) is 17.2 Å². The smallest absolute Gasteiger partial charge is 0.242 e. The van der Waals surface area contributed by atoms with Gasteiger partial charge >= 0.3 is 0 Å². The molecular weight excluding hydrogens is 252 g/mol. The Balaban J connectivity index is 2.42. The number of benzene rings is 1. The van der Waals surface area contributed by atoms with E-state index in [9.17, 15) is 0 Å². The number of hydrogen-bond donors (Lipinski definition) is 1. The zero-order chi connectivity index (χ0) is 13.0. The summed E-state index contributed by atoms with van der Waals surface area (Å²) in [6.45, 7) is 5.00. The van der Waals surface area contributed by atoms with Crippen molar-refractivity contribution in [3.05, 3.63) is 23.0 Å². The Hall–Kier alpha value is -1.89. The van der Waals surface area contributed by atoms with Crippen LogP contribution < -0.4 is 9.47 Å². The Bertz CT molecular complexity index is 578. The number of rotatable bonds is 5. The van der Waals surface area contributed by atoms with Crippen LogP contribution in [0.2, 0.25) is 0 Å². The maximum absolute atomic E-state index is 5.54. The van der Waals surface area contributed by atoms with Gasteiger partial charge < -0.3 is 9.47 Å². The Labute approximate surface area is 110 Å². The van der Waals surface area contributed by atoms with Crippen LogP contribution in [0.3, 0.4) is 0 Å². The lowest BCUT2D eigenvalue weighted by atomic mass is 10.3. The summed E-state index contributed by atoms with van der Waals surface area (Å²) in [6.07, 6.45) is 0. The molecule has 96 valence electrons. The first-order valence-corrected chi connectivity index (χ1v) is 6.07. The van der Waals surface area contributed by atoms with Gasteiger partial charge in [0.05, 0.1) is 18.9 Å². The van der Waals surface area contributed by atoms with Gasteiger partial charge in [0.2, 0.25) is 4.77 Å². The quantitative estimate of drug-likeness (QED) is 0.840. The number of aromatic nitrogens is 4. The number of ether oxygens (including phenoxy) is 2. The fourth-order valence-electron chi connectivity index (χ4n) is 1.54. The van der Waals surface area contributed by atoms with E-state index in [0.717, 1.165) is 5.69 Å². The van der Waals surface area contributed by atoms with Crippen molar-refractivity contribution in [1.29, 1.82) is 0 Å². The topological polar surface area (TPSA) is 65.0 Å². The van der Waals surface area contributed by atoms with Crippen LogP contribution in [-0.2, 0) is 0 Å². The molecule has 0 atom stereocenters. The molecule has 0 amide bonds. The molecule has 0 aliphatic rings. The molecule has 0 aliphatic carbocycles. The fourth-order valence-corrected chi connectivity index (χ4v) is 1.73. The average molecular weight is 266 g/mol. The minimum atomic E-state index is 0.363. The van der Waals surface area contributed by atoms with Crippen molar-refractivity contribution in [2.45, 2.75) is 13.8 Å². The van der Waals surface area contributed by atoms with Gasteiger partial charge in [0, 0.05) is 6.07 Å². The van der Waals surface area contributed by atoms with E-state index in [1.54, 1.807) is 4.68 Å². The Morgan fingerprint density at radius 3 is 2.56 bits per heavy atom. The Kier molecular flexibility index (Phi) is 3.93. The molecule has 1 aromatic heterocycles. The molecule has 0 fully saturated rings. The summed E-state index contributed by atoms with van der Waals surface area (Å²) < 4.78 is 13.0. The van der Waals surface area contributed by atoms with Crippen LogP contribution in [0, 0.1) is 4.77 Å². The average Bonchev–Trinajstić information content (AvgIpc) is 2.78. The lowest BCUT2D eigenvalue weighted by molar-refractivity contribution is 0.287. The number of tetrazole rings is 1. The molecular formula is C11H14N4O2S. The lowest BCUT2D eigenvalue weighted by Gasteiger charge is -2.12. The van der Waals surface area contributed by atoms with E-state index in [4.69, 9.17) is 21.7 Å². The summed E-state index contributed by atoms with van der Waals surface area (Å²) in [7, 11) is 0. The summed E-state index contributed by atoms with van der Waals surface area (Å²) in [5, 5.41) is 10.1. The molecule has 0 saturated carbocycles. The number of aromatic amines is 1. The molecule has 0 radical (unpaired) electrons. The zero-order valence-corrected chi connectivity index (χ0v) is 11.0. The molecule has 1 aromatic carbocycles. The molecule has 18 heavy (non-hydrogen) atoms. The molecule has 0 spiro atoms. The molecule has 6 nitrogen and oxygen atoms in total. The second kappa shape index (κ2) is 5.63. The first-order valence-electron chi connectivity index (χ1n) is 5.66. The van der Waals surface area contributed by atoms with E-state index in [0.29, 0.717) is 29.5 Å². The van der Waals surface area contributed by atoms with Gasteiger partial charge in [-0.05, 0) is 38.2 Å². The van der Waals surface area contributed by atoms with Crippen LogP contribution in [0.1, 0.15) is 13.8 Å². The summed E-state index contributed by atoms with van der Waals surface area (Å²) in [5.41, 5.74) is 0.803.